The van der Waals surface area contributed by atoms with Gasteiger partial charge in [-0.1, -0.05) is 17.7 Å². The monoisotopic (exact) mass is 466 g/mol. The number of carbonyl (C=O) groups excluding carboxylic acids is 1. The molecular formula is C18H18F3IO3. The van der Waals surface area contributed by atoms with Gasteiger partial charge < -0.3 is 14.6 Å². The average molecular weight is 466 g/mol. The maximum atomic E-state index is 10.5. The van der Waals surface area contributed by atoms with Crippen LogP contribution < -0.4 is 31.0 Å². The van der Waals surface area contributed by atoms with E-state index < -0.39 is 12.1 Å². The molecule has 0 aliphatic heterocycles. The van der Waals surface area contributed by atoms with Crippen molar-refractivity contribution in [3.63, 3.8) is 0 Å². The smallest absolute Gasteiger partial charge is 0.430 e. The number of alkyl halides is 3. The summed E-state index contributed by atoms with van der Waals surface area (Å²) in [6.45, 7) is 6.60. The Hall–Kier alpha value is -1.77. The van der Waals surface area contributed by atoms with Crippen LogP contribution in [-0.4, -0.2) is 19.3 Å². The first-order valence-electron chi connectivity index (χ1n) is 7.19. The zero-order chi connectivity index (χ0) is 19.2. The van der Waals surface area contributed by atoms with Gasteiger partial charge in [-0.15, -0.1) is 0 Å². The van der Waals surface area contributed by atoms with Gasteiger partial charge in [-0.05, 0) is 45.0 Å². The van der Waals surface area contributed by atoms with Crippen molar-refractivity contribution in [3.05, 3.63) is 60.2 Å². The fourth-order valence-electron chi connectivity index (χ4n) is 2.05. The summed E-state index contributed by atoms with van der Waals surface area (Å²) >= 11 is -0.101. The van der Waals surface area contributed by atoms with Gasteiger partial charge >= 0.3 is 27.4 Å². The summed E-state index contributed by atoms with van der Waals surface area (Å²) in [5, 5.41) is 8.78. The van der Waals surface area contributed by atoms with Crippen LogP contribution in [0, 0.1) is 27.9 Å². The zero-order valence-corrected chi connectivity index (χ0v) is 16.4. The number of ether oxygens (including phenoxy) is 1. The Kier molecular flexibility index (Phi) is 7.72. The van der Waals surface area contributed by atoms with Gasteiger partial charge in [0.05, 0.1) is 7.11 Å². The molecule has 0 N–H and O–H groups in total. The molecule has 0 aliphatic carbocycles. The summed E-state index contributed by atoms with van der Waals surface area (Å²) in [5.41, 5.74) is 4.21. The van der Waals surface area contributed by atoms with E-state index in [9.17, 15) is 13.2 Å². The highest BCUT2D eigenvalue weighted by Crippen LogP contribution is 2.11. The Balaban J connectivity index is 0.000000381. The molecule has 7 heteroatoms. The van der Waals surface area contributed by atoms with Gasteiger partial charge in [0.25, 0.3) is 0 Å². The first-order chi connectivity index (χ1) is 11.5. The van der Waals surface area contributed by atoms with E-state index in [4.69, 9.17) is 14.6 Å². The van der Waals surface area contributed by atoms with Gasteiger partial charge in [0.1, 0.15) is 11.7 Å². The summed E-state index contributed by atoms with van der Waals surface area (Å²) in [6.07, 6.45) is -5.19. The summed E-state index contributed by atoms with van der Waals surface area (Å²) in [4.78, 5) is 8.78. The molecule has 3 nitrogen and oxygen atoms in total. The van der Waals surface area contributed by atoms with Crippen LogP contribution in [0.2, 0.25) is 0 Å². The summed E-state index contributed by atoms with van der Waals surface area (Å²) in [7, 11) is 1.71. The molecule has 0 aliphatic rings. The number of carboxylic acids is 1. The standard InChI is InChI=1S/C16H18IO.C2HF3O2/c1-11-9-12(2)16(13(3)10-11)17-14-5-7-15(18-4)8-6-14;3-2(4,5)1(6)7/h5-10H,1-4H3;(H,6,7)/q+1;/p-1. The lowest BCUT2D eigenvalue weighted by molar-refractivity contribution is -0.598. The third-order valence-corrected chi connectivity index (χ3v) is 6.65. The number of hydrogen-bond donors (Lipinski definition) is 0. The number of aryl methyl sites for hydroxylation is 3. The SMILES string of the molecule is COc1ccc([I+]c2c(C)cc(C)cc2C)cc1.O=C([O-])C(F)(F)F. The molecule has 0 saturated carbocycles. The summed E-state index contributed by atoms with van der Waals surface area (Å²) in [5.74, 6) is -2.08. The molecule has 0 spiro atoms. The second-order valence-corrected chi connectivity index (χ2v) is 8.11. The highest BCUT2D eigenvalue weighted by molar-refractivity contribution is 5.70. The lowest BCUT2D eigenvalue weighted by Gasteiger charge is -2.03. The highest BCUT2D eigenvalue weighted by Gasteiger charge is 2.28. The largest absolute Gasteiger partial charge is 0.542 e. The molecule has 0 radical (unpaired) electrons. The van der Waals surface area contributed by atoms with Crippen LogP contribution in [0.15, 0.2) is 36.4 Å². The van der Waals surface area contributed by atoms with Crippen molar-refractivity contribution < 1.29 is 49.0 Å². The van der Waals surface area contributed by atoms with Crippen LogP contribution in [0.25, 0.3) is 0 Å². The number of aliphatic carboxylic acids is 1. The molecule has 0 unspecified atom stereocenters. The van der Waals surface area contributed by atoms with Crippen LogP contribution in [-0.2, 0) is 4.79 Å². The van der Waals surface area contributed by atoms with E-state index in [0.29, 0.717) is 0 Å². The normalized spacial score (nSPS) is 10.7. The van der Waals surface area contributed by atoms with Crippen molar-refractivity contribution in [1.82, 2.24) is 0 Å². The van der Waals surface area contributed by atoms with Crippen LogP contribution in [0.3, 0.4) is 0 Å². The Bertz CT molecular complexity index is 702. The van der Waals surface area contributed by atoms with E-state index in [2.05, 4.69) is 45.0 Å². The number of halogens is 4. The molecule has 2 aromatic carbocycles. The minimum atomic E-state index is -5.19. The molecule has 0 heterocycles. The van der Waals surface area contributed by atoms with Crippen molar-refractivity contribution in [3.8, 4) is 5.75 Å². The van der Waals surface area contributed by atoms with Crippen LogP contribution >= 0.6 is 0 Å². The maximum Gasteiger partial charge on any atom is 0.430 e. The number of methoxy groups -OCH3 is 1. The second-order valence-electron chi connectivity index (χ2n) is 5.25. The number of rotatable bonds is 3. The summed E-state index contributed by atoms with van der Waals surface area (Å²) < 4.78 is 39.7. The third-order valence-electron chi connectivity index (χ3n) is 3.07. The van der Waals surface area contributed by atoms with E-state index in [-0.39, 0.29) is 21.2 Å². The molecule has 0 atom stereocenters. The molecule has 0 amide bonds. The van der Waals surface area contributed by atoms with Crippen molar-refractivity contribution in [1.29, 1.82) is 0 Å². The topological polar surface area (TPSA) is 49.4 Å². The van der Waals surface area contributed by atoms with E-state index in [1.165, 1.54) is 20.3 Å². The molecule has 25 heavy (non-hydrogen) atoms. The molecular weight excluding hydrogens is 448 g/mol. The fraction of sp³-hybridized carbons (Fsp3) is 0.278. The predicted octanol–water partition coefficient (Wildman–Crippen LogP) is 0.0475. The maximum absolute atomic E-state index is 10.5. The quantitative estimate of drug-likeness (QED) is 0.601. The Morgan fingerprint density at radius 2 is 1.48 bits per heavy atom. The minimum absolute atomic E-state index is 0.101. The first kappa shape index (κ1) is 21.3. The van der Waals surface area contributed by atoms with Crippen molar-refractivity contribution >= 4 is 5.97 Å². The number of hydrogen-bond acceptors (Lipinski definition) is 3. The van der Waals surface area contributed by atoms with Gasteiger partial charge in [0.15, 0.2) is 7.14 Å². The van der Waals surface area contributed by atoms with E-state index in [1.807, 2.05) is 12.1 Å². The third kappa shape index (κ3) is 6.93. The van der Waals surface area contributed by atoms with Crippen LogP contribution in [0.4, 0.5) is 13.2 Å². The Morgan fingerprint density at radius 3 is 1.84 bits per heavy atom. The van der Waals surface area contributed by atoms with Gasteiger partial charge in [-0.2, -0.15) is 13.2 Å². The Morgan fingerprint density at radius 1 is 1.04 bits per heavy atom. The van der Waals surface area contributed by atoms with E-state index in [1.54, 1.807) is 10.7 Å². The number of benzene rings is 2. The molecule has 0 saturated heterocycles. The molecule has 136 valence electrons. The summed E-state index contributed by atoms with van der Waals surface area (Å²) in [6, 6.07) is 13.0. The van der Waals surface area contributed by atoms with Gasteiger partial charge in [-0.25, -0.2) is 0 Å². The molecule has 0 fully saturated rings. The minimum Gasteiger partial charge on any atom is -0.542 e. The highest BCUT2D eigenvalue weighted by atomic mass is 127. The van der Waals surface area contributed by atoms with Crippen molar-refractivity contribution in [2.75, 3.05) is 7.11 Å². The number of carboxylic acid groups (broad SMARTS) is 1. The number of carbonyl (C=O) groups is 1. The zero-order valence-electron chi connectivity index (χ0n) is 14.2. The van der Waals surface area contributed by atoms with Gasteiger partial charge in [0.2, 0.25) is 0 Å². The predicted molar refractivity (Wildman–Crippen MR) is 82.1 cm³/mol. The van der Waals surface area contributed by atoms with Gasteiger partial charge in [-0.3, -0.25) is 0 Å². The second kappa shape index (κ2) is 9.07. The van der Waals surface area contributed by atoms with E-state index in [0.717, 1.165) is 5.75 Å². The van der Waals surface area contributed by atoms with Crippen LogP contribution in [0.1, 0.15) is 16.7 Å². The Labute approximate surface area is 155 Å². The van der Waals surface area contributed by atoms with Crippen molar-refractivity contribution in [2.45, 2.75) is 26.9 Å². The molecule has 0 bridgehead atoms. The van der Waals surface area contributed by atoms with Crippen LogP contribution in [0.5, 0.6) is 5.75 Å². The van der Waals surface area contributed by atoms with Crippen molar-refractivity contribution in [2.24, 2.45) is 0 Å². The fourth-order valence-corrected chi connectivity index (χ4v) is 4.56. The van der Waals surface area contributed by atoms with E-state index >= 15 is 0 Å². The lowest BCUT2D eigenvalue weighted by atomic mass is 10.1. The first-order valence-corrected chi connectivity index (χ1v) is 9.35. The molecule has 2 aromatic rings. The molecule has 0 aromatic heterocycles. The average Bonchev–Trinajstić information content (AvgIpc) is 2.51. The molecule has 2 rings (SSSR count). The van der Waals surface area contributed by atoms with Gasteiger partial charge in [0, 0.05) is 11.1 Å². The lowest BCUT2D eigenvalue weighted by Crippen LogP contribution is -3.62.